The number of aromatic amines is 1. The maximum atomic E-state index is 13.7. The van der Waals surface area contributed by atoms with E-state index in [9.17, 15) is 4.79 Å². The smallest absolute Gasteiger partial charge is 0.273 e. The summed E-state index contributed by atoms with van der Waals surface area (Å²) in [6.45, 7) is 0.402. The number of carbonyl (C=O) groups is 1. The molecular weight excluding hydrogens is 470 g/mol. The third-order valence-electron chi connectivity index (χ3n) is 7.37. The van der Waals surface area contributed by atoms with Gasteiger partial charge in [0, 0.05) is 27.8 Å². The van der Waals surface area contributed by atoms with Gasteiger partial charge in [-0.2, -0.15) is 5.10 Å². The molecule has 6 rings (SSSR count). The van der Waals surface area contributed by atoms with E-state index in [4.69, 9.17) is 16.3 Å². The number of ether oxygens (including phenoxy) is 1. The highest BCUT2D eigenvalue weighted by molar-refractivity contribution is 6.31. The molecule has 182 valence electrons. The van der Waals surface area contributed by atoms with E-state index in [1.807, 2.05) is 66.7 Å². The number of rotatable bonds is 6. The van der Waals surface area contributed by atoms with Gasteiger partial charge in [-0.15, -0.1) is 0 Å². The molecule has 1 fully saturated rings. The van der Waals surface area contributed by atoms with E-state index in [-0.39, 0.29) is 18.0 Å². The fraction of sp³-hybridized carbons (Fsp3) is 0.267. The van der Waals surface area contributed by atoms with Gasteiger partial charge in [0.05, 0.1) is 11.7 Å². The van der Waals surface area contributed by atoms with E-state index >= 15 is 0 Å². The highest BCUT2D eigenvalue weighted by Crippen LogP contribution is 2.45. The molecule has 0 saturated heterocycles. The standard InChI is InChI=1S/C30H28ClN3O2/c31-25-14-8-7-11-22(25)19-36-24-17-15-21(16-18-24)29-26-27(20-9-3-1-4-10-20)32-33-28(26)30(35)34(29)23-12-5-2-6-13-23/h1,3-4,7-11,14-18,23,29H,2,5-6,12-13,19H2,(H,32,33). The van der Waals surface area contributed by atoms with Crippen LogP contribution >= 0.6 is 11.6 Å². The van der Waals surface area contributed by atoms with Crippen LogP contribution in [0.4, 0.5) is 0 Å². The molecule has 1 N–H and O–H groups in total. The number of aromatic nitrogens is 2. The molecule has 1 amide bonds. The summed E-state index contributed by atoms with van der Waals surface area (Å²) < 4.78 is 6.02. The average Bonchev–Trinajstić information content (AvgIpc) is 3.48. The summed E-state index contributed by atoms with van der Waals surface area (Å²) in [6.07, 6.45) is 5.64. The quantitative estimate of drug-likeness (QED) is 0.307. The second-order valence-electron chi connectivity index (χ2n) is 9.58. The van der Waals surface area contributed by atoms with Crippen LogP contribution in [0.5, 0.6) is 5.75 Å². The Bertz CT molecular complexity index is 1360. The van der Waals surface area contributed by atoms with Gasteiger partial charge in [0.15, 0.2) is 0 Å². The monoisotopic (exact) mass is 497 g/mol. The van der Waals surface area contributed by atoms with Gasteiger partial charge in [-0.3, -0.25) is 9.89 Å². The maximum Gasteiger partial charge on any atom is 0.273 e. The fourth-order valence-electron chi connectivity index (χ4n) is 5.57. The molecule has 2 aliphatic rings. The van der Waals surface area contributed by atoms with E-state index in [2.05, 4.69) is 27.2 Å². The normalized spacial score (nSPS) is 17.9. The summed E-state index contributed by atoms with van der Waals surface area (Å²) >= 11 is 6.28. The largest absolute Gasteiger partial charge is 0.489 e. The van der Waals surface area contributed by atoms with Crippen LogP contribution in [-0.4, -0.2) is 27.0 Å². The van der Waals surface area contributed by atoms with Crippen molar-refractivity contribution in [1.82, 2.24) is 15.1 Å². The topological polar surface area (TPSA) is 58.2 Å². The van der Waals surface area contributed by atoms with Crippen LogP contribution in [0, 0.1) is 0 Å². The van der Waals surface area contributed by atoms with Gasteiger partial charge in [0.25, 0.3) is 5.91 Å². The lowest BCUT2D eigenvalue weighted by molar-refractivity contribution is 0.0606. The molecule has 0 bridgehead atoms. The first-order chi connectivity index (χ1) is 17.7. The molecule has 1 aromatic heterocycles. The molecule has 1 unspecified atom stereocenters. The van der Waals surface area contributed by atoms with Gasteiger partial charge >= 0.3 is 0 Å². The molecule has 6 heteroatoms. The number of benzene rings is 3. The molecule has 5 nitrogen and oxygen atoms in total. The number of fused-ring (bicyclic) bond motifs is 1. The van der Waals surface area contributed by atoms with Crippen LogP contribution < -0.4 is 4.74 Å². The van der Waals surface area contributed by atoms with Crippen molar-refractivity contribution in [1.29, 1.82) is 0 Å². The van der Waals surface area contributed by atoms with Crippen molar-refractivity contribution in [3.8, 4) is 17.0 Å². The Morgan fingerprint density at radius 3 is 2.39 bits per heavy atom. The minimum atomic E-state index is -0.179. The van der Waals surface area contributed by atoms with E-state index < -0.39 is 0 Å². The second-order valence-corrected chi connectivity index (χ2v) is 9.99. The van der Waals surface area contributed by atoms with Crippen LogP contribution in [0.1, 0.15) is 65.3 Å². The van der Waals surface area contributed by atoms with E-state index in [0.29, 0.717) is 17.3 Å². The number of H-pyrrole nitrogens is 1. The van der Waals surface area contributed by atoms with E-state index in [0.717, 1.165) is 59.4 Å². The third-order valence-corrected chi connectivity index (χ3v) is 7.74. The predicted molar refractivity (Wildman–Crippen MR) is 141 cm³/mol. The first-order valence-electron chi connectivity index (χ1n) is 12.6. The van der Waals surface area contributed by atoms with Gasteiger partial charge in [0.1, 0.15) is 18.1 Å². The summed E-state index contributed by atoms with van der Waals surface area (Å²) in [5, 5.41) is 8.37. The van der Waals surface area contributed by atoms with Gasteiger partial charge < -0.3 is 9.64 Å². The summed E-state index contributed by atoms with van der Waals surface area (Å²) in [7, 11) is 0. The minimum absolute atomic E-state index is 0.0515. The highest BCUT2D eigenvalue weighted by Gasteiger charge is 2.45. The van der Waals surface area contributed by atoms with Gasteiger partial charge in [-0.05, 0) is 36.6 Å². The maximum absolute atomic E-state index is 13.7. The number of amides is 1. The number of carbonyl (C=O) groups excluding carboxylic acids is 1. The van der Waals surface area contributed by atoms with Gasteiger partial charge in [-0.25, -0.2) is 0 Å². The van der Waals surface area contributed by atoms with E-state index in [1.54, 1.807) is 0 Å². The number of hydrogen-bond donors (Lipinski definition) is 1. The number of nitrogens with one attached hydrogen (secondary N) is 1. The molecule has 4 aromatic rings. The molecule has 0 radical (unpaired) electrons. The molecular formula is C30H28ClN3O2. The van der Waals surface area contributed by atoms with Crippen molar-refractivity contribution >= 4 is 17.5 Å². The lowest BCUT2D eigenvalue weighted by Crippen LogP contribution is -2.40. The van der Waals surface area contributed by atoms with Crippen molar-refractivity contribution in [3.05, 3.63) is 106 Å². The molecule has 1 aliphatic heterocycles. The van der Waals surface area contributed by atoms with Crippen LogP contribution in [0.3, 0.4) is 0 Å². The predicted octanol–water partition coefficient (Wildman–Crippen LogP) is 7.19. The van der Waals surface area contributed by atoms with Crippen molar-refractivity contribution < 1.29 is 9.53 Å². The zero-order valence-electron chi connectivity index (χ0n) is 20.0. The average molecular weight is 498 g/mol. The lowest BCUT2D eigenvalue weighted by atomic mass is 9.91. The Hall–Kier alpha value is -3.57. The fourth-order valence-corrected chi connectivity index (χ4v) is 5.76. The van der Waals surface area contributed by atoms with Crippen molar-refractivity contribution in [2.45, 2.75) is 50.8 Å². The van der Waals surface area contributed by atoms with Crippen molar-refractivity contribution in [3.63, 3.8) is 0 Å². The van der Waals surface area contributed by atoms with Crippen LogP contribution in [0.2, 0.25) is 5.02 Å². The number of nitrogens with zero attached hydrogens (tertiary/aromatic N) is 2. The van der Waals surface area contributed by atoms with Crippen LogP contribution in [0.25, 0.3) is 11.3 Å². The molecule has 1 atom stereocenters. The first-order valence-corrected chi connectivity index (χ1v) is 13.0. The molecule has 1 aliphatic carbocycles. The molecule has 3 aromatic carbocycles. The lowest BCUT2D eigenvalue weighted by Gasteiger charge is -2.36. The Labute approximate surface area is 216 Å². The molecule has 36 heavy (non-hydrogen) atoms. The van der Waals surface area contributed by atoms with Crippen LogP contribution in [-0.2, 0) is 6.61 Å². The zero-order valence-corrected chi connectivity index (χ0v) is 20.7. The molecule has 0 spiro atoms. The summed E-state index contributed by atoms with van der Waals surface area (Å²) in [5.74, 6) is 0.818. The second kappa shape index (κ2) is 9.82. The number of hydrogen-bond acceptors (Lipinski definition) is 3. The third kappa shape index (κ3) is 4.18. The Kier molecular flexibility index (Phi) is 6.24. The first kappa shape index (κ1) is 22.9. The zero-order chi connectivity index (χ0) is 24.5. The highest BCUT2D eigenvalue weighted by atomic mass is 35.5. The summed E-state index contributed by atoms with van der Waals surface area (Å²) in [5.41, 5.74) is 5.46. The van der Waals surface area contributed by atoms with Crippen molar-refractivity contribution in [2.24, 2.45) is 0 Å². The van der Waals surface area contributed by atoms with E-state index in [1.165, 1.54) is 6.42 Å². The Morgan fingerprint density at radius 1 is 0.917 bits per heavy atom. The Morgan fingerprint density at radius 2 is 1.64 bits per heavy atom. The van der Waals surface area contributed by atoms with Crippen molar-refractivity contribution in [2.75, 3.05) is 0 Å². The Balaban J connectivity index is 1.34. The molecule has 1 saturated carbocycles. The minimum Gasteiger partial charge on any atom is -0.489 e. The van der Waals surface area contributed by atoms with Gasteiger partial charge in [0.2, 0.25) is 0 Å². The summed E-state index contributed by atoms with van der Waals surface area (Å²) in [6, 6.07) is 26.0. The molecule has 2 heterocycles. The SMILES string of the molecule is O=C1c2[nH]nc(-c3ccccc3)c2C(c2ccc(OCc3ccccc3Cl)cc2)N1C1CCCCC1. The van der Waals surface area contributed by atoms with Crippen LogP contribution in [0.15, 0.2) is 78.9 Å². The number of halogens is 1. The summed E-state index contributed by atoms with van der Waals surface area (Å²) in [4.78, 5) is 15.8. The van der Waals surface area contributed by atoms with Gasteiger partial charge in [-0.1, -0.05) is 91.5 Å².